The molecule has 0 aromatic carbocycles. The van der Waals surface area contributed by atoms with Crippen molar-refractivity contribution >= 4 is 0 Å². The van der Waals surface area contributed by atoms with Crippen LogP contribution in [-0.2, 0) is 4.74 Å². The van der Waals surface area contributed by atoms with Crippen LogP contribution in [0.25, 0.3) is 0 Å². The third-order valence-corrected chi connectivity index (χ3v) is 2.78. The molecule has 0 spiro atoms. The molecule has 0 saturated heterocycles. The Labute approximate surface area is 102 Å². The van der Waals surface area contributed by atoms with Crippen LogP contribution in [0.2, 0.25) is 0 Å². The van der Waals surface area contributed by atoms with E-state index in [0.29, 0.717) is 11.5 Å². The number of nitrogens with one attached hydrogen (secondary N) is 1. The second-order valence-electron chi connectivity index (χ2n) is 6.86. The van der Waals surface area contributed by atoms with Gasteiger partial charge in [-0.2, -0.15) is 0 Å². The van der Waals surface area contributed by atoms with Crippen LogP contribution in [0.15, 0.2) is 0 Å². The van der Waals surface area contributed by atoms with Gasteiger partial charge >= 0.3 is 0 Å². The molecule has 0 aliphatic carbocycles. The third kappa shape index (κ3) is 8.12. The SMILES string of the molecule is CCNC(COCCC(C)(C)C)C(C)(C)C. The van der Waals surface area contributed by atoms with Crippen LogP contribution in [0.1, 0.15) is 54.9 Å². The minimum absolute atomic E-state index is 0.262. The van der Waals surface area contributed by atoms with Crippen LogP contribution in [0.5, 0.6) is 0 Å². The van der Waals surface area contributed by atoms with Crippen molar-refractivity contribution in [2.45, 2.75) is 60.9 Å². The summed E-state index contributed by atoms with van der Waals surface area (Å²) >= 11 is 0. The van der Waals surface area contributed by atoms with Gasteiger partial charge in [0, 0.05) is 12.6 Å². The number of likely N-dealkylation sites (N-methyl/N-ethyl adjacent to an activating group) is 1. The lowest BCUT2D eigenvalue weighted by molar-refractivity contribution is 0.0615. The first-order valence-electron chi connectivity index (χ1n) is 6.48. The van der Waals surface area contributed by atoms with E-state index in [1.165, 1.54) is 0 Å². The van der Waals surface area contributed by atoms with Crippen molar-refractivity contribution in [2.24, 2.45) is 10.8 Å². The molecule has 1 atom stereocenters. The van der Waals surface area contributed by atoms with Crippen LogP contribution in [0.3, 0.4) is 0 Å². The minimum Gasteiger partial charge on any atom is -0.380 e. The molecule has 1 N–H and O–H groups in total. The maximum Gasteiger partial charge on any atom is 0.0624 e. The number of hydrogen-bond donors (Lipinski definition) is 1. The molecule has 1 unspecified atom stereocenters. The summed E-state index contributed by atoms with van der Waals surface area (Å²) in [5.41, 5.74) is 0.632. The van der Waals surface area contributed by atoms with E-state index in [4.69, 9.17) is 4.74 Å². The molecule has 98 valence electrons. The molecular weight excluding hydrogens is 198 g/mol. The Hall–Kier alpha value is -0.0800. The summed E-state index contributed by atoms with van der Waals surface area (Å²) in [5, 5.41) is 3.50. The van der Waals surface area contributed by atoms with Gasteiger partial charge in [-0.3, -0.25) is 0 Å². The highest BCUT2D eigenvalue weighted by Crippen LogP contribution is 2.21. The van der Waals surface area contributed by atoms with E-state index >= 15 is 0 Å². The molecule has 2 heteroatoms. The van der Waals surface area contributed by atoms with Gasteiger partial charge in [0.25, 0.3) is 0 Å². The smallest absolute Gasteiger partial charge is 0.0624 e. The highest BCUT2D eigenvalue weighted by atomic mass is 16.5. The average Bonchev–Trinajstić information content (AvgIpc) is 2.06. The summed E-state index contributed by atoms with van der Waals surface area (Å²) in [6, 6.07) is 0.442. The molecular formula is C14H31NO. The molecule has 0 amide bonds. The fourth-order valence-electron chi connectivity index (χ4n) is 1.44. The van der Waals surface area contributed by atoms with E-state index in [9.17, 15) is 0 Å². The Morgan fingerprint density at radius 3 is 2.00 bits per heavy atom. The van der Waals surface area contributed by atoms with Gasteiger partial charge in [-0.15, -0.1) is 0 Å². The zero-order valence-electron chi connectivity index (χ0n) is 12.3. The largest absolute Gasteiger partial charge is 0.380 e. The van der Waals surface area contributed by atoms with Crippen LogP contribution in [0.4, 0.5) is 0 Å². The highest BCUT2D eigenvalue weighted by Gasteiger charge is 2.23. The summed E-state index contributed by atoms with van der Waals surface area (Å²) in [5.74, 6) is 0. The quantitative estimate of drug-likeness (QED) is 0.704. The van der Waals surface area contributed by atoms with Crippen molar-refractivity contribution in [2.75, 3.05) is 19.8 Å². The number of hydrogen-bond acceptors (Lipinski definition) is 2. The Balaban J connectivity index is 3.86. The van der Waals surface area contributed by atoms with E-state index in [0.717, 1.165) is 26.2 Å². The lowest BCUT2D eigenvalue weighted by Gasteiger charge is -2.31. The predicted molar refractivity (Wildman–Crippen MR) is 71.8 cm³/mol. The van der Waals surface area contributed by atoms with Crippen molar-refractivity contribution in [3.63, 3.8) is 0 Å². The van der Waals surface area contributed by atoms with Gasteiger partial charge in [-0.05, 0) is 23.8 Å². The van der Waals surface area contributed by atoms with Crippen molar-refractivity contribution in [1.82, 2.24) is 5.32 Å². The van der Waals surface area contributed by atoms with Gasteiger partial charge in [-0.1, -0.05) is 48.5 Å². The van der Waals surface area contributed by atoms with Gasteiger partial charge in [0.1, 0.15) is 0 Å². The summed E-state index contributed by atoms with van der Waals surface area (Å²) in [7, 11) is 0. The molecule has 0 aromatic heterocycles. The standard InChI is InChI=1S/C14H31NO/c1-8-15-12(14(5,6)7)11-16-10-9-13(2,3)4/h12,15H,8-11H2,1-7H3. The minimum atomic E-state index is 0.262. The van der Waals surface area contributed by atoms with Gasteiger partial charge in [0.2, 0.25) is 0 Å². The molecule has 0 bridgehead atoms. The van der Waals surface area contributed by atoms with Crippen molar-refractivity contribution in [1.29, 1.82) is 0 Å². The van der Waals surface area contributed by atoms with E-state index < -0.39 is 0 Å². The van der Waals surface area contributed by atoms with E-state index in [1.807, 2.05) is 0 Å². The molecule has 0 aliphatic rings. The lowest BCUT2D eigenvalue weighted by atomic mass is 9.87. The first-order chi connectivity index (χ1) is 7.17. The first-order valence-corrected chi connectivity index (χ1v) is 6.48. The maximum absolute atomic E-state index is 5.79. The topological polar surface area (TPSA) is 21.3 Å². The first kappa shape index (κ1) is 15.9. The fraction of sp³-hybridized carbons (Fsp3) is 1.00. The Kier molecular flexibility index (Phi) is 6.57. The molecule has 0 aliphatic heterocycles. The summed E-state index contributed by atoms with van der Waals surface area (Å²) in [4.78, 5) is 0. The van der Waals surface area contributed by atoms with E-state index in [-0.39, 0.29) is 5.41 Å². The molecule has 16 heavy (non-hydrogen) atoms. The van der Waals surface area contributed by atoms with Gasteiger partial charge < -0.3 is 10.1 Å². The normalized spacial score (nSPS) is 15.2. The molecule has 0 aromatic rings. The maximum atomic E-state index is 5.79. The van der Waals surface area contributed by atoms with Crippen molar-refractivity contribution < 1.29 is 4.74 Å². The molecule has 0 fully saturated rings. The molecule has 2 nitrogen and oxygen atoms in total. The average molecular weight is 229 g/mol. The Morgan fingerprint density at radius 2 is 1.62 bits per heavy atom. The van der Waals surface area contributed by atoms with Crippen molar-refractivity contribution in [3.8, 4) is 0 Å². The third-order valence-electron chi connectivity index (χ3n) is 2.78. The van der Waals surface area contributed by atoms with Gasteiger partial charge in [-0.25, -0.2) is 0 Å². The van der Waals surface area contributed by atoms with Crippen molar-refractivity contribution in [3.05, 3.63) is 0 Å². The summed E-state index contributed by atoms with van der Waals surface area (Å²) in [6.45, 7) is 18.4. The number of rotatable bonds is 6. The Morgan fingerprint density at radius 1 is 1.06 bits per heavy atom. The van der Waals surface area contributed by atoms with Gasteiger partial charge in [0.05, 0.1) is 6.61 Å². The van der Waals surface area contributed by atoms with Crippen LogP contribution >= 0.6 is 0 Å². The highest BCUT2D eigenvalue weighted by molar-refractivity contribution is 4.79. The fourth-order valence-corrected chi connectivity index (χ4v) is 1.44. The van der Waals surface area contributed by atoms with Gasteiger partial charge in [0.15, 0.2) is 0 Å². The summed E-state index contributed by atoms with van der Waals surface area (Å²) in [6.07, 6.45) is 1.12. The predicted octanol–water partition coefficient (Wildman–Crippen LogP) is 3.46. The zero-order chi connectivity index (χ0) is 12.8. The van der Waals surface area contributed by atoms with E-state index in [2.05, 4.69) is 53.8 Å². The van der Waals surface area contributed by atoms with Crippen LogP contribution in [-0.4, -0.2) is 25.8 Å². The molecule has 0 radical (unpaired) electrons. The molecule has 0 heterocycles. The summed E-state index contributed by atoms with van der Waals surface area (Å²) < 4.78 is 5.79. The van der Waals surface area contributed by atoms with Crippen LogP contribution < -0.4 is 5.32 Å². The second kappa shape index (κ2) is 6.61. The molecule has 0 saturated carbocycles. The number of ether oxygens (including phenoxy) is 1. The lowest BCUT2D eigenvalue weighted by Crippen LogP contribution is -2.43. The zero-order valence-corrected chi connectivity index (χ0v) is 12.3. The monoisotopic (exact) mass is 229 g/mol. The van der Waals surface area contributed by atoms with Crippen LogP contribution in [0, 0.1) is 10.8 Å². The second-order valence-corrected chi connectivity index (χ2v) is 6.86. The van der Waals surface area contributed by atoms with E-state index in [1.54, 1.807) is 0 Å². The Bertz CT molecular complexity index is 176. The molecule has 0 rings (SSSR count).